The Morgan fingerprint density at radius 1 is 1.20 bits per heavy atom. The molecule has 0 atom stereocenters. The van der Waals surface area contributed by atoms with Crippen molar-refractivity contribution in [3.8, 4) is 5.69 Å². The zero-order chi connectivity index (χ0) is 14.4. The molecule has 20 heavy (non-hydrogen) atoms. The molecule has 1 aromatic heterocycles. The van der Waals surface area contributed by atoms with Crippen LogP contribution in [-0.2, 0) is 16.1 Å². The summed E-state index contributed by atoms with van der Waals surface area (Å²) in [6, 6.07) is 9.40. The molecule has 6 heteroatoms. The summed E-state index contributed by atoms with van der Waals surface area (Å²) in [5.41, 5.74) is 1.80. The molecule has 0 radical (unpaired) electrons. The molecule has 0 saturated heterocycles. The largest absolute Gasteiger partial charge is 0.481 e. The number of carboxylic acids is 1. The number of aromatic nitrogens is 2. The summed E-state index contributed by atoms with van der Waals surface area (Å²) in [5, 5.41) is 15.4. The monoisotopic (exact) mass is 273 g/mol. The molecule has 1 heterocycles. The number of nitrogens with zero attached hydrogens (tertiary/aromatic N) is 2. The van der Waals surface area contributed by atoms with E-state index in [2.05, 4.69) is 10.4 Å². The predicted molar refractivity (Wildman–Crippen MR) is 72.3 cm³/mol. The van der Waals surface area contributed by atoms with Gasteiger partial charge in [-0.3, -0.25) is 9.59 Å². The van der Waals surface area contributed by atoms with Crippen LogP contribution in [0.4, 0.5) is 0 Å². The van der Waals surface area contributed by atoms with E-state index in [-0.39, 0.29) is 18.7 Å². The first-order valence-corrected chi connectivity index (χ1v) is 6.23. The van der Waals surface area contributed by atoms with E-state index in [4.69, 9.17) is 5.11 Å². The van der Waals surface area contributed by atoms with Crippen molar-refractivity contribution in [3.05, 3.63) is 48.3 Å². The van der Waals surface area contributed by atoms with E-state index in [1.807, 2.05) is 36.5 Å². The Labute approximate surface area is 116 Å². The molecule has 1 aromatic carbocycles. The van der Waals surface area contributed by atoms with Crippen molar-refractivity contribution in [1.82, 2.24) is 15.1 Å². The average molecular weight is 273 g/mol. The van der Waals surface area contributed by atoms with Gasteiger partial charge in [-0.05, 0) is 17.7 Å². The normalized spacial score (nSPS) is 10.2. The fraction of sp³-hybridized carbons (Fsp3) is 0.214. The van der Waals surface area contributed by atoms with E-state index in [1.54, 1.807) is 10.9 Å². The molecule has 0 saturated carbocycles. The molecular weight excluding hydrogens is 258 g/mol. The molecule has 0 aliphatic carbocycles. The van der Waals surface area contributed by atoms with Gasteiger partial charge < -0.3 is 10.4 Å². The standard InChI is InChI=1S/C14H15N3O3/c18-13(6-7-14(19)20)15-10-11-4-1-2-5-12(11)17-9-3-8-16-17/h1-5,8-9H,6-7,10H2,(H,15,18)(H,19,20). The lowest BCUT2D eigenvalue weighted by Gasteiger charge is -2.10. The van der Waals surface area contributed by atoms with Crippen LogP contribution < -0.4 is 5.32 Å². The van der Waals surface area contributed by atoms with Crippen LogP contribution in [0.15, 0.2) is 42.7 Å². The first-order valence-electron chi connectivity index (χ1n) is 6.23. The fourth-order valence-electron chi connectivity index (χ4n) is 1.80. The first-order chi connectivity index (χ1) is 9.66. The number of carbonyl (C=O) groups excluding carboxylic acids is 1. The Morgan fingerprint density at radius 3 is 2.70 bits per heavy atom. The minimum Gasteiger partial charge on any atom is -0.481 e. The van der Waals surface area contributed by atoms with Crippen LogP contribution in [0.1, 0.15) is 18.4 Å². The van der Waals surface area contributed by atoms with E-state index in [9.17, 15) is 9.59 Å². The van der Waals surface area contributed by atoms with E-state index < -0.39 is 5.97 Å². The number of para-hydroxylation sites is 1. The zero-order valence-corrected chi connectivity index (χ0v) is 10.8. The quantitative estimate of drug-likeness (QED) is 0.832. The van der Waals surface area contributed by atoms with E-state index in [1.165, 1.54) is 0 Å². The maximum Gasteiger partial charge on any atom is 0.303 e. The summed E-state index contributed by atoms with van der Waals surface area (Å²) < 4.78 is 1.72. The van der Waals surface area contributed by atoms with Crippen molar-refractivity contribution in [2.24, 2.45) is 0 Å². The highest BCUT2D eigenvalue weighted by atomic mass is 16.4. The number of aliphatic carboxylic acids is 1. The molecule has 0 unspecified atom stereocenters. The number of carbonyl (C=O) groups is 2. The Kier molecular flexibility index (Phi) is 4.49. The summed E-state index contributed by atoms with van der Waals surface area (Å²) in [7, 11) is 0. The number of carboxylic acid groups (broad SMARTS) is 1. The summed E-state index contributed by atoms with van der Waals surface area (Å²) in [5.74, 6) is -1.25. The summed E-state index contributed by atoms with van der Waals surface area (Å²) >= 11 is 0. The summed E-state index contributed by atoms with van der Waals surface area (Å²) in [6.45, 7) is 0.342. The first kappa shape index (κ1) is 13.8. The van der Waals surface area contributed by atoms with Crippen LogP contribution >= 0.6 is 0 Å². The van der Waals surface area contributed by atoms with E-state index in [0.717, 1.165) is 11.3 Å². The van der Waals surface area contributed by atoms with Crippen LogP contribution in [0.5, 0.6) is 0 Å². The second-order valence-corrected chi connectivity index (χ2v) is 4.25. The lowest BCUT2D eigenvalue weighted by molar-refractivity contribution is -0.138. The van der Waals surface area contributed by atoms with Crippen molar-refractivity contribution in [1.29, 1.82) is 0 Å². The predicted octanol–water partition coefficient (Wildman–Crippen LogP) is 1.35. The molecule has 0 spiro atoms. The van der Waals surface area contributed by atoms with Crippen LogP contribution in [-0.4, -0.2) is 26.8 Å². The second kappa shape index (κ2) is 6.51. The number of rotatable bonds is 6. The van der Waals surface area contributed by atoms with Crippen LogP contribution in [0.2, 0.25) is 0 Å². The van der Waals surface area contributed by atoms with Crippen molar-refractivity contribution in [2.45, 2.75) is 19.4 Å². The van der Waals surface area contributed by atoms with Gasteiger partial charge in [-0.2, -0.15) is 5.10 Å². The Hall–Kier alpha value is -2.63. The molecule has 0 aliphatic rings. The molecular formula is C14H15N3O3. The number of benzene rings is 1. The third-order valence-electron chi connectivity index (χ3n) is 2.78. The smallest absolute Gasteiger partial charge is 0.303 e. The average Bonchev–Trinajstić information content (AvgIpc) is 2.97. The Bertz CT molecular complexity index is 593. The minimum absolute atomic E-state index is 0.0146. The summed E-state index contributed by atoms with van der Waals surface area (Å²) in [6.07, 6.45) is 3.33. The third-order valence-corrected chi connectivity index (χ3v) is 2.78. The second-order valence-electron chi connectivity index (χ2n) is 4.25. The maximum atomic E-state index is 11.5. The highest BCUT2D eigenvalue weighted by Gasteiger charge is 2.08. The molecule has 6 nitrogen and oxygen atoms in total. The van der Waals surface area contributed by atoms with Crippen molar-refractivity contribution in [3.63, 3.8) is 0 Å². The van der Waals surface area contributed by atoms with Gasteiger partial charge in [-0.25, -0.2) is 4.68 Å². The summed E-state index contributed by atoms with van der Waals surface area (Å²) in [4.78, 5) is 21.9. The lowest BCUT2D eigenvalue weighted by Crippen LogP contribution is -2.24. The van der Waals surface area contributed by atoms with Gasteiger partial charge in [0.1, 0.15) is 0 Å². The van der Waals surface area contributed by atoms with Crippen molar-refractivity contribution >= 4 is 11.9 Å². The Morgan fingerprint density at radius 2 is 2.00 bits per heavy atom. The number of hydrogen-bond acceptors (Lipinski definition) is 3. The van der Waals surface area contributed by atoms with Gasteiger partial charge in [0.2, 0.25) is 5.91 Å². The maximum absolute atomic E-state index is 11.5. The van der Waals surface area contributed by atoms with Gasteiger partial charge in [0.15, 0.2) is 0 Å². The lowest BCUT2D eigenvalue weighted by atomic mass is 10.1. The van der Waals surface area contributed by atoms with Gasteiger partial charge in [0, 0.05) is 25.4 Å². The highest BCUT2D eigenvalue weighted by molar-refractivity contribution is 5.80. The molecule has 0 fully saturated rings. The van der Waals surface area contributed by atoms with Crippen molar-refractivity contribution < 1.29 is 14.7 Å². The molecule has 2 N–H and O–H groups in total. The molecule has 1 amide bonds. The number of amides is 1. The topological polar surface area (TPSA) is 84.2 Å². The SMILES string of the molecule is O=C(O)CCC(=O)NCc1ccccc1-n1cccn1. The molecule has 2 rings (SSSR count). The minimum atomic E-state index is -0.975. The van der Waals surface area contributed by atoms with Crippen LogP contribution in [0.3, 0.4) is 0 Å². The van der Waals surface area contributed by atoms with Gasteiger partial charge in [0.05, 0.1) is 12.1 Å². The highest BCUT2D eigenvalue weighted by Crippen LogP contribution is 2.13. The number of nitrogens with one attached hydrogen (secondary N) is 1. The van der Waals surface area contributed by atoms with Gasteiger partial charge in [-0.15, -0.1) is 0 Å². The van der Waals surface area contributed by atoms with Crippen LogP contribution in [0.25, 0.3) is 5.69 Å². The third kappa shape index (κ3) is 3.68. The fourth-order valence-corrected chi connectivity index (χ4v) is 1.80. The Balaban J connectivity index is 2.00. The van der Waals surface area contributed by atoms with Crippen LogP contribution in [0, 0.1) is 0 Å². The molecule has 0 aliphatic heterocycles. The van der Waals surface area contributed by atoms with E-state index in [0.29, 0.717) is 6.54 Å². The molecule has 2 aromatic rings. The van der Waals surface area contributed by atoms with Crippen molar-refractivity contribution in [2.75, 3.05) is 0 Å². The van der Waals surface area contributed by atoms with Gasteiger partial charge in [-0.1, -0.05) is 18.2 Å². The number of hydrogen-bond donors (Lipinski definition) is 2. The molecule has 104 valence electrons. The molecule has 0 bridgehead atoms. The van der Waals surface area contributed by atoms with Gasteiger partial charge >= 0.3 is 5.97 Å². The van der Waals surface area contributed by atoms with Gasteiger partial charge in [0.25, 0.3) is 0 Å². The van der Waals surface area contributed by atoms with E-state index >= 15 is 0 Å². The zero-order valence-electron chi connectivity index (χ0n) is 10.8.